The van der Waals surface area contributed by atoms with E-state index in [2.05, 4.69) is 19.9 Å². The van der Waals surface area contributed by atoms with Crippen molar-refractivity contribution in [2.75, 3.05) is 0 Å². The van der Waals surface area contributed by atoms with Crippen LogP contribution >= 0.6 is 0 Å². The molecule has 0 bridgehead atoms. The predicted octanol–water partition coefficient (Wildman–Crippen LogP) is 2.34. The van der Waals surface area contributed by atoms with Crippen LogP contribution in [0.5, 0.6) is 0 Å². The molecule has 0 saturated heterocycles. The Balaban J connectivity index is 2.76. The summed E-state index contributed by atoms with van der Waals surface area (Å²) in [5.74, 6) is 0.961. The fourth-order valence-electron chi connectivity index (χ4n) is 1.51. The first kappa shape index (κ1) is 8.25. The van der Waals surface area contributed by atoms with Crippen molar-refractivity contribution in [3.8, 4) is 0 Å². The maximum atomic E-state index is 10.5. The second kappa shape index (κ2) is 3.51. The third kappa shape index (κ3) is 1.59. The summed E-state index contributed by atoms with van der Waals surface area (Å²) in [7, 11) is 0. The van der Waals surface area contributed by atoms with Gasteiger partial charge in [0.05, 0.1) is 0 Å². The third-order valence-corrected chi connectivity index (χ3v) is 2.42. The molecule has 1 nitrogen and oxygen atoms in total. The van der Waals surface area contributed by atoms with Gasteiger partial charge in [-0.05, 0) is 23.8 Å². The van der Waals surface area contributed by atoms with E-state index in [4.69, 9.17) is 0 Å². The van der Waals surface area contributed by atoms with Gasteiger partial charge < -0.3 is 0 Å². The molecule has 1 heteroatoms. The molecule has 0 aromatic carbocycles. The van der Waals surface area contributed by atoms with Gasteiger partial charge in [-0.1, -0.05) is 32.1 Å². The molecule has 0 N–H and O–H groups in total. The SMILES string of the molecule is CCC1C=CC=C(C=O)C1C. The summed E-state index contributed by atoms with van der Waals surface area (Å²) in [6.45, 7) is 4.26. The molecule has 0 aromatic heterocycles. The van der Waals surface area contributed by atoms with E-state index in [0.717, 1.165) is 18.3 Å². The quantitative estimate of drug-likeness (QED) is 0.552. The molecule has 0 spiro atoms. The number of hydrogen-bond donors (Lipinski definition) is 0. The molecule has 1 rings (SSSR count). The van der Waals surface area contributed by atoms with E-state index in [1.165, 1.54) is 0 Å². The third-order valence-electron chi connectivity index (χ3n) is 2.42. The van der Waals surface area contributed by atoms with E-state index in [1.807, 2.05) is 12.2 Å². The molecule has 2 atom stereocenters. The zero-order chi connectivity index (χ0) is 8.27. The monoisotopic (exact) mass is 150 g/mol. The molecule has 0 aromatic rings. The van der Waals surface area contributed by atoms with E-state index in [9.17, 15) is 4.79 Å². The predicted molar refractivity (Wildman–Crippen MR) is 46.2 cm³/mol. The molecule has 0 fully saturated rings. The average Bonchev–Trinajstić information content (AvgIpc) is 2.05. The molecule has 1 aliphatic rings. The Hall–Kier alpha value is -0.850. The molecule has 1 aliphatic carbocycles. The normalized spacial score (nSPS) is 29.8. The lowest BCUT2D eigenvalue weighted by atomic mass is 9.83. The van der Waals surface area contributed by atoms with Crippen molar-refractivity contribution in [2.24, 2.45) is 11.8 Å². The van der Waals surface area contributed by atoms with Crippen LogP contribution in [0.1, 0.15) is 20.3 Å². The van der Waals surface area contributed by atoms with Crippen LogP contribution in [0.25, 0.3) is 0 Å². The number of rotatable bonds is 2. The van der Waals surface area contributed by atoms with E-state index in [-0.39, 0.29) is 0 Å². The van der Waals surface area contributed by atoms with Gasteiger partial charge in [0.1, 0.15) is 6.29 Å². The summed E-state index contributed by atoms with van der Waals surface area (Å²) < 4.78 is 0. The van der Waals surface area contributed by atoms with Crippen molar-refractivity contribution in [3.63, 3.8) is 0 Å². The Morgan fingerprint density at radius 3 is 2.91 bits per heavy atom. The fraction of sp³-hybridized carbons (Fsp3) is 0.500. The van der Waals surface area contributed by atoms with Crippen LogP contribution < -0.4 is 0 Å². The highest BCUT2D eigenvalue weighted by atomic mass is 16.1. The first-order valence-corrected chi connectivity index (χ1v) is 4.13. The molecular weight excluding hydrogens is 136 g/mol. The van der Waals surface area contributed by atoms with Crippen LogP contribution in [-0.2, 0) is 4.79 Å². The molecule has 0 aliphatic heterocycles. The van der Waals surface area contributed by atoms with Gasteiger partial charge in [0.25, 0.3) is 0 Å². The molecule has 0 radical (unpaired) electrons. The highest BCUT2D eigenvalue weighted by Gasteiger charge is 2.18. The van der Waals surface area contributed by atoms with Gasteiger partial charge in [0, 0.05) is 0 Å². The zero-order valence-electron chi connectivity index (χ0n) is 7.08. The van der Waals surface area contributed by atoms with Crippen molar-refractivity contribution in [2.45, 2.75) is 20.3 Å². The summed E-state index contributed by atoms with van der Waals surface area (Å²) in [5.41, 5.74) is 0.930. The molecule has 0 amide bonds. The molecule has 60 valence electrons. The number of allylic oxidation sites excluding steroid dienone is 4. The van der Waals surface area contributed by atoms with Crippen molar-refractivity contribution >= 4 is 6.29 Å². The van der Waals surface area contributed by atoms with Crippen LogP contribution in [0.4, 0.5) is 0 Å². The molecular formula is C10H14O. The van der Waals surface area contributed by atoms with Gasteiger partial charge in [-0.3, -0.25) is 4.79 Å². The Labute approximate surface area is 67.8 Å². The summed E-state index contributed by atoms with van der Waals surface area (Å²) in [5, 5.41) is 0. The van der Waals surface area contributed by atoms with Gasteiger partial charge in [-0.15, -0.1) is 0 Å². The molecule has 2 unspecified atom stereocenters. The highest BCUT2D eigenvalue weighted by Crippen LogP contribution is 2.26. The van der Waals surface area contributed by atoms with E-state index >= 15 is 0 Å². The summed E-state index contributed by atoms with van der Waals surface area (Å²) in [6.07, 6.45) is 8.15. The van der Waals surface area contributed by atoms with E-state index in [0.29, 0.717) is 11.8 Å². The second-order valence-corrected chi connectivity index (χ2v) is 3.03. The van der Waals surface area contributed by atoms with Crippen LogP contribution in [0.2, 0.25) is 0 Å². The number of aldehydes is 1. The van der Waals surface area contributed by atoms with E-state index < -0.39 is 0 Å². The zero-order valence-corrected chi connectivity index (χ0v) is 7.08. The Kier molecular flexibility index (Phi) is 2.64. The largest absolute Gasteiger partial charge is 0.298 e. The minimum Gasteiger partial charge on any atom is -0.298 e. The second-order valence-electron chi connectivity index (χ2n) is 3.03. The number of carbonyl (C=O) groups excluding carboxylic acids is 1. The average molecular weight is 150 g/mol. The smallest absolute Gasteiger partial charge is 0.146 e. The molecule has 11 heavy (non-hydrogen) atoms. The summed E-state index contributed by atoms with van der Waals surface area (Å²) in [6, 6.07) is 0. The standard InChI is InChI=1S/C10H14O/c1-3-9-5-4-6-10(7-11)8(9)2/h4-9H,3H2,1-2H3. The first-order valence-electron chi connectivity index (χ1n) is 4.13. The molecule has 0 heterocycles. The fourth-order valence-corrected chi connectivity index (χ4v) is 1.51. The minimum atomic E-state index is 0.405. The number of carbonyl (C=O) groups is 1. The van der Waals surface area contributed by atoms with Gasteiger partial charge in [0.15, 0.2) is 0 Å². The number of hydrogen-bond acceptors (Lipinski definition) is 1. The van der Waals surface area contributed by atoms with E-state index in [1.54, 1.807) is 0 Å². The van der Waals surface area contributed by atoms with Crippen LogP contribution in [0, 0.1) is 11.8 Å². The van der Waals surface area contributed by atoms with Crippen molar-refractivity contribution < 1.29 is 4.79 Å². The van der Waals surface area contributed by atoms with Gasteiger partial charge in [-0.2, -0.15) is 0 Å². The maximum Gasteiger partial charge on any atom is 0.146 e. The highest BCUT2D eigenvalue weighted by molar-refractivity contribution is 5.75. The molecule has 0 saturated carbocycles. The van der Waals surface area contributed by atoms with Gasteiger partial charge in [-0.25, -0.2) is 0 Å². The topological polar surface area (TPSA) is 17.1 Å². The summed E-state index contributed by atoms with van der Waals surface area (Å²) >= 11 is 0. The maximum absolute atomic E-state index is 10.5. The van der Waals surface area contributed by atoms with Crippen LogP contribution in [-0.4, -0.2) is 6.29 Å². The lowest BCUT2D eigenvalue weighted by molar-refractivity contribution is -0.105. The van der Waals surface area contributed by atoms with Crippen molar-refractivity contribution in [1.82, 2.24) is 0 Å². The summed E-state index contributed by atoms with van der Waals surface area (Å²) in [4.78, 5) is 10.5. The Morgan fingerprint density at radius 2 is 2.36 bits per heavy atom. The van der Waals surface area contributed by atoms with Crippen molar-refractivity contribution in [1.29, 1.82) is 0 Å². The van der Waals surface area contributed by atoms with Gasteiger partial charge in [0.2, 0.25) is 0 Å². The van der Waals surface area contributed by atoms with Crippen molar-refractivity contribution in [3.05, 3.63) is 23.8 Å². The van der Waals surface area contributed by atoms with Gasteiger partial charge >= 0.3 is 0 Å². The first-order chi connectivity index (χ1) is 5.29. The Morgan fingerprint density at radius 1 is 1.64 bits per heavy atom. The lowest BCUT2D eigenvalue weighted by Crippen LogP contribution is -2.14. The minimum absolute atomic E-state index is 0.405. The Bertz CT molecular complexity index is 201. The van der Waals surface area contributed by atoms with Crippen LogP contribution in [0.15, 0.2) is 23.8 Å². The van der Waals surface area contributed by atoms with Crippen LogP contribution in [0.3, 0.4) is 0 Å². The lowest BCUT2D eigenvalue weighted by Gasteiger charge is -2.21.